The van der Waals surface area contributed by atoms with Crippen molar-refractivity contribution in [2.45, 2.75) is 63.5 Å². The van der Waals surface area contributed by atoms with Crippen molar-refractivity contribution in [1.29, 1.82) is 0 Å². The van der Waals surface area contributed by atoms with Crippen molar-refractivity contribution >= 4 is 5.97 Å². The van der Waals surface area contributed by atoms with E-state index in [0.717, 1.165) is 19.3 Å². The zero-order valence-corrected chi connectivity index (χ0v) is 14.6. The maximum atomic E-state index is 12.4. The smallest absolute Gasteiger partial charge is 0.310 e. The Morgan fingerprint density at radius 2 is 2.00 bits per heavy atom. The van der Waals surface area contributed by atoms with Crippen LogP contribution in [-0.2, 0) is 16.0 Å². The van der Waals surface area contributed by atoms with E-state index < -0.39 is 0 Å². The molecule has 2 aliphatic heterocycles. The van der Waals surface area contributed by atoms with Crippen LogP contribution in [0.3, 0.4) is 0 Å². The van der Waals surface area contributed by atoms with E-state index in [-0.39, 0.29) is 11.9 Å². The summed E-state index contributed by atoms with van der Waals surface area (Å²) in [6.07, 6.45) is 7.01. The number of rotatable bonds is 5. The van der Waals surface area contributed by atoms with Gasteiger partial charge in [0.25, 0.3) is 0 Å². The number of hydrogen-bond acceptors (Lipinski definition) is 3. The summed E-state index contributed by atoms with van der Waals surface area (Å²) in [5.41, 5.74) is 2.71. The highest BCUT2D eigenvalue weighted by molar-refractivity contribution is 5.75. The molecule has 1 aromatic carbocycles. The van der Waals surface area contributed by atoms with Crippen molar-refractivity contribution < 1.29 is 9.53 Å². The standard InChI is InChI=1S/C20H29NO2/c1-4-5-6-14-7-9-15(10-8-14)17-13-16-11-12-18(21(16)2)19(17)20(22)23-3/h7-10,16-19H,4-6,11-13H2,1-3H3/t16-,17+,18+,19+/m0/s1. The van der Waals surface area contributed by atoms with E-state index in [4.69, 9.17) is 4.74 Å². The predicted octanol–water partition coefficient (Wildman–Crippen LogP) is 3.77. The van der Waals surface area contributed by atoms with Gasteiger partial charge in [0.2, 0.25) is 0 Å². The van der Waals surface area contributed by atoms with Gasteiger partial charge in [-0.3, -0.25) is 9.69 Å². The summed E-state index contributed by atoms with van der Waals surface area (Å²) in [6.45, 7) is 2.23. The number of benzene rings is 1. The van der Waals surface area contributed by atoms with E-state index in [1.807, 2.05) is 0 Å². The van der Waals surface area contributed by atoms with Crippen molar-refractivity contribution in [2.24, 2.45) is 5.92 Å². The quantitative estimate of drug-likeness (QED) is 0.775. The number of carbonyl (C=O) groups is 1. The number of carbonyl (C=O) groups excluding carboxylic acids is 1. The average molecular weight is 315 g/mol. The minimum atomic E-state index is -0.0396. The molecule has 3 heteroatoms. The first-order valence-electron chi connectivity index (χ1n) is 9.04. The van der Waals surface area contributed by atoms with Crippen molar-refractivity contribution in [1.82, 2.24) is 4.90 Å². The Labute approximate surface area is 140 Å². The molecular formula is C20H29NO2. The third-order valence-electron chi connectivity index (χ3n) is 5.97. The van der Waals surface area contributed by atoms with Gasteiger partial charge in [-0.15, -0.1) is 0 Å². The molecule has 2 heterocycles. The van der Waals surface area contributed by atoms with Crippen molar-refractivity contribution in [3.8, 4) is 0 Å². The van der Waals surface area contributed by atoms with Gasteiger partial charge in [-0.2, -0.15) is 0 Å². The number of nitrogens with zero attached hydrogens (tertiary/aromatic N) is 1. The molecule has 0 aromatic heterocycles. The fraction of sp³-hybridized carbons (Fsp3) is 0.650. The lowest BCUT2D eigenvalue weighted by Crippen LogP contribution is -2.49. The van der Waals surface area contributed by atoms with E-state index in [2.05, 4.69) is 43.1 Å². The molecule has 0 saturated carbocycles. The molecule has 0 aliphatic carbocycles. The lowest BCUT2D eigenvalue weighted by atomic mass is 9.76. The third-order valence-corrected chi connectivity index (χ3v) is 5.97. The van der Waals surface area contributed by atoms with E-state index in [0.29, 0.717) is 18.0 Å². The molecular weight excluding hydrogens is 286 g/mol. The fourth-order valence-electron chi connectivity index (χ4n) is 4.58. The topological polar surface area (TPSA) is 29.5 Å². The molecule has 0 spiro atoms. The Balaban J connectivity index is 1.83. The van der Waals surface area contributed by atoms with Crippen LogP contribution in [0.2, 0.25) is 0 Å². The van der Waals surface area contributed by atoms with Gasteiger partial charge in [0.05, 0.1) is 13.0 Å². The average Bonchev–Trinajstić information content (AvgIpc) is 2.82. The maximum Gasteiger partial charge on any atom is 0.310 e. The Bertz CT molecular complexity index is 539. The number of hydrogen-bond donors (Lipinski definition) is 0. The first kappa shape index (κ1) is 16.5. The number of ether oxygens (including phenoxy) is 1. The Morgan fingerprint density at radius 1 is 1.26 bits per heavy atom. The molecule has 23 heavy (non-hydrogen) atoms. The number of aryl methyl sites for hydroxylation is 1. The maximum absolute atomic E-state index is 12.4. The fourth-order valence-corrected chi connectivity index (χ4v) is 4.58. The second-order valence-corrected chi connectivity index (χ2v) is 7.20. The van der Waals surface area contributed by atoms with E-state index >= 15 is 0 Å². The van der Waals surface area contributed by atoms with Crippen LogP contribution in [-0.4, -0.2) is 37.1 Å². The number of piperidine rings is 1. The van der Waals surface area contributed by atoms with E-state index in [9.17, 15) is 4.79 Å². The van der Waals surface area contributed by atoms with Crippen molar-refractivity contribution in [2.75, 3.05) is 14.2 Å². The van der Waals surface area contributed by atoms with Crippen LogP contribution < -0.4 is 0 Å². The first-order valence-corrected chi connectivity index (χ1v) is 9.04. The molecule has 0 unspecified atom stereocenters. The Hall–Kier alpha value is -1.35. The van der Waals surface area contributed by atoms with Crippen molar-refractivity contribution in [3.63, 3.8) is 0 Å². The van der Waals surface area contributed by atoms with Crippen LogP contribution in [0, 0.1) is 5.92 Å². The highest BCUT2D eigenvalue weighted by atomic mass is 16.5. The van der Waals surface area contributed by atoms with Gasteiger partial charge in [-0.25, -0.2) is 0 Å². The largest absolute Gasteiger partial charge is 0.469 e. The molecule has 3 nitrogen and oxygen atoms in total. The summed E-state index contributed by atoms with van der Waals surface area (Å²) in [7, 11) is 3.69. The molecule has 0 radical (unpaired) electrons. The number of esters is 1. The highest BCUT2D eigenvalue weighted by Crippen LogP contribution is 2.46. The molecule has 1 aromatic rings. The summed E-state index contributed by atoms with van der Waals surface area (Å²) in [6, 6.07) is 9.95. The third kappa shape index (κ3) is 3.16. The molecule has 4 atom stereocenters. The van der Waals surface area contributed by atoms with Gasteiger partial charge in [0.1, 0.15) is 0 Å². The summed E-state index contributed by atoms with van der Waals surface area (Å²) < 4.78 is 5.15. The summed E-state index contributed by atoms with van der Waals surface area (Å²) in [5, 5.41) is 0. The van der Waals surface area contributed by atoms with Gasteiger partial charge in [-0.05, 0) is 50.3 Å². The van der Waals surface area contributed by atoms with Crippen LogP contribution >= 0.6 is 0 Å². The van der Waals surface area contributed by atoms with Crippen LogP contribution in [0.1, 0.15) is 56.1 Å². The van der Waals surface area contributed by atoms with Crippen LogP contribution in [0.5, 0.6) is 0 Å². The van der Waals surface area contributed by atoms with E-state index in [1.165, 1.54) is 37.5 Å². The summed E-state index contributed by atoms with van der Waals surface area (Å²) in [4.78, 5) is 14.9. The SMILES string of the molecule is CCCCc1ccc([C@H]2C[C@@H]3CC[C@H]([C@@H]2C(=O)OC)N3C)cc1. The second kappa shape index (κ2) is 7.04. The lowest BCUT2D eigenvalue weighted by Gasteiger charge is -2.41. The van der Waals surface area contributed by atoms with Crippen LogP contribution in [0.25, 0.3) is 0 Å². The monoisotopic (exact) mass is 315 g/mol. The van der Waals surface area contributed by atoms with Gasteiger partial charge >= 0.3 is 5.97 Å². The first-order chi connectivity index (χ1) is 11.2. The highest BCUT2D eigenvalue weighted by Gasteiger charge is 2.49. The zero-order valence-electron chi connectivity index (χ0n) is 14.6. The minimum Gasteiger partial charge on any atom is -0.469 e. The Morgan fingerprint density at radius 3 is 2.65 bits per heavy atom. The normalized spacial score (nSPS) is 30.4. The van der Waals surface area contributed by atoms with Gasteiger partial charge in [0, 0.05) is 18.0 Å². The summed E-state index contributed by atoms with van der Waals surface area (Å²) >= 11 is 0. The molecule has 2 bridgehead atoms. The predicted molar refractivity (Wildman–Crippen MR) is 92.5 cm³/mol. The summed E-state index contributed by atoms with van der Waals surface area (Å²) in [5.74, 6) is 0.240. The van der Waals surface area contributed by atoms with E-state index in [1.54, 1.807) is 0 Å². The molecule has 2 aliphatic rings. The molecule has 2 saturated heterocycles. The second-order valence-electron chi connectivity index (χ2n) is 7.20. The van der Waals surface area contributed by atoms with Crippen LogP contribution in [0.15, 0.2) is 24.3 Å². The molecule has 0 N–H and O–H groups in total. The van der Waals surface area contributed by atoms with Gasteiger partial charge in [-0.1, -0.05) is 37.6 Å². The van der Waals surface area contributed by atoms with Crippen LogP contribution in [0.4, 0.5) is 0 Å². The number of fused-ring (bicyclic) bond motifs is 2. The van der Waals surface area contributed by atoms with Gasteiger partial charge in [0.15, 0.2) is 0 Å². The van der Waals surface area contributed by atoms with Crippen molar-refractivity contribution in [3.05, 3.63) is 35.4 Å². The minimum absolute atomic E-state index is 0.0229. The lowest BCUT2D eigenvalue weighted by molar-refractivity contribution is -0.150. The molecule has 0 amide bonds. The zero-order chi connectivity index (χ0) is 16.4. The molecule has 2 fully saturated rings. The molecule has 3 rings (SSSR count). The number of methoxy groups -OCH3 is 1. The van der Waals surface area contributed by atoms with Gasteiger partial charge < -0.3 is 4.74 Å². The Kier molecular flexibility index (Phi) is 5.05. The number of unbranched alkanes of at least 4 members (excludes halogenated alkanes) is 1. The molecule has 126 valence electrons.